The zero-order chi connectivity index (χ0) is 17.4. The number of benzene rings is 2. The number of hydrogen-bond acceptors (Lipinski definition) is 4. The second-order valence-electron chi connectivity index (χ2n) is 4.99. The molecule has 2 rings (SSSR count). The number of carbonyl (C=O) groups excluding carboxylic acids is 1. The molecule has 5 nitrogen and oxygen atoms in total. The van der Waals surface area contributed by atoms with E-state index in [0.29, 0.717) is 30.0 Å². The van der Waals surface area contributed by atoms with Crippen molar-refractivity contribution < 1.29 is 18.7 Å². The molecule has 0 aromatic heterocycles. The van der Waals surface area contributed by atoms with Crippen LogP contribution in [-0.4, -0.2) is 26.2 Å². The first-order valence-electron chi connectivity index (χ1n) is 7.34. The standard InChI is InChI=1S/C18H17FN2O3/c1-23-17-10-14(11-20)4-7-16(17)24-12-18(22)21-9-8-13-2-5-15(19)6-3-13/h2-7,10H,8-9,12H2,1H3,(H,21,22). The number of methoxy groups -OCH3 is 1. The molecule has 0 aliphatic rings. The molecular formula is C18H17FN2O3. The molecule has 0 atom stereocenters. The summed E-state index contributed by atoms with van der Waals surface area (Å²) in [5, 5.41) is 11.6. The predicted molar refractivity (Wildman–Crippen MR) is 86.3 cm³/mol. The van der Waals surface area contributed by atoms with Crippen LogP contribution in [0.15, 0.2) is 42.5 Å². The van der Waals surface area contributed by atoms with Crippen molar-refractivity contribution in [3.8, 4) is 17.6 Å². The maximum atomic E-state index is 12.8. The van der Waals surface area contributed by atoms with E-state index in [1.54, 1.807) is 30.3 Å². The first kappa shape index (κ1) is 17.3. The largest absolute Gasteiger partial charge is 0.493 e. The van der Waals surface area contributed by atoms with Crippen molar-refractivity contribution in [1.82, 2.24) is 5.32 Å². The fraction of sp³-hybridized carbons (Fsp3) is 0.222. The number of nitrogens with zero attached hydrogens (tertiary/aromatic N) is 1. The number of rotatable bonds is 7. The van der Waals surface area contributed by atoms with Gasteiger partial charge in [-0.2, -0.15) is 5.26 Å². The van der Waals surface area contributed by atoms with Crippen LogP contribution in [0.1, 0.15) is 11.1 Å². The van der Waals surface area contributed by atoms with E-state index < -0.39 is 0 Å². The molecule has 1 N–H and O–H groups in total. The zero-order valence-corrected chi connectivity index (χ0v) is 13.2. The molecule has 0 aliphatic carbocycles. The Morgan fingerprint density at radius 1 is 1.21 bits per heavy atom. The van der Waals surface area contributed by atoms with Gasteiger partial charge in [0.25, 0.3) is 5.91 Å². The van der Waals surface area contributed by atoms with Crippen LogP contribution in [0.5, 0.6) is 11.5 Å². The first-order chi connectivity index (χ1) is 11.6. The molecule has 0 radical (unpaired) electrons. The van der Waals surface area contributed by atoms with Crippen molar-refractivity contribution in [2.45, 2.75) is 6.42 Å². The van der Waals surface area contributed by atoms with Gasteiger partial charge in [0.2, 0.25) is 0 Å². The highest BCUT2D eigenvalue weighted by molar-refractivity contribution is 5.77. The molecule has 2 aromatic rings. The van der Waals surface area contributed by atoms with E-state index in [0.717, 1.165) is 5.56 Å². The van der Waals surface area contributed by atoms with Gasteiger partial charge in [0.15, 0.2) is 18.1 Å². The van der Waals surface area contributed by atoms with Gasteiger partial charge >= 0.3 is 0 Å². The molecule has 0 saturated heterocycles. The fourth-order valence-corrected chi connectivity index (χ4v) is 2.05. The number of carbonyl (C=O) groups is 1. The Hall–Kier alpha value is -3.07. The Kier molecular flexibility index (Phi) is 6.15. The van der Waals surface area contributed by atoms with Gasteiger partial charge in [-0.3, -0.25) is 4.79 Å². The zero-order valence-electron chi connectivity index (χ0n) is 13.2. The normalized spacial score (nSPS) is 9.88. The van der Waals surface area contributed by atoms with Crippen LogP contribution in [0.2, 0.25) is 0 Å². The first-order valence-corrected chi connectivity index (χ1v) is 7.34. The van der Waals surface area contributed by atoms with E-state index >= 15 is 0 Å². The molecule has 0 bridgehead atoms. The van der Waals surface area contributed by atoms with Gasteiger partial charge in [0, 0.05) is 12.6 Å². The second-order valence-corrected chi connectivity index (χ2v) is 4.99. The second kappa shape index (κ2) is 8.53. The van der Waals surface area contributed by atoms with Crippen LogP contribution in [-0.2, 0) is 11.2 Å². The smallest absolute Gasteiger partial charge is 0.257 e. The summed E-state index contributed by atoms with van der Waals surface area (Å²) in [6, 6.07) is 12.9. The van der Waals surface area contributed by atoms with Crippen LogP contribution < -0.4 is 14.8 Å². The highest BCUT2D eigenvalue weighted by atomic mass is 19.1. The Balaban J connectivity index is 1.79. The summed E-state index contributed by atoms with van der Waals surface area (Å²) in [4.78, 5) is 11.8. The lowest BCUT2D eigenvalue weighted by atomic mass is 10.1. The van der Waals surface area contributed by atoms with Gasteiger partial charge in [0.1, 0.15) is 5.82 Å². The van der Waals surface area contributed by atoms with E-state index in [4.69, 9.17) is 14.7 Å². The molecule has 0 aliphatic heterocycles. The lowest BCUT2D eigenvalue weighted by molar-refractivity contribution is -0.123. The van der Waals surface area contributed by atoms with E-state index in [1.807, 2.05) is 6.07 Å². The molecule has 6 heteroatoms. The van der Waals surface area contributed by atoms with Gasteiger partial charge in [-0.05, 0) is 36.2 Å². The van der Waals surface area contributed by atoms with Crippen molar-refractivity contribution in [3.63, 3.8) is 0 Å². The number of ether oxygens (including phenoxy) is 2. The molecule has 124 valence electrons. The highest BCUT2D eigenvalue weighted by Crippen LogP contribution is 2.27. The van der Waals surface area contributed by atoms with Crippen molar-refractivity contribution in [2.75, 3.05) is 20.3 Å². The number of nitrogens with one attached hydrogen (secondary N) is 1. The van der Waals surface area contributed by atoms with Crippen molar-refractivity contribution in [3.05, 3.63) is 59.4 Å². The van der Waals surface area contributed by atoms with E-state index in [2.05, 4.69) is 5.32 Å². The number of nitriles is 1. The topological polar surface area (TPSA) is 71.3 Å². The maximum Gasteiger partial charge on any atom is 0.257 e. The molecule has 2 aromatic carbocycles. The Morgan fingerprint density at radius 3 is 2.62 bits per heavy atom. The Bertz CT molecular complexity index is 739. The quantitative estimate of drug-likeness (QED) is 0.847. The summed E-state index contributed by atoms with van der Waals surface area (Å²) < 4.78 is 23.3. The van der Waals surface area contributed by atoms with Crippen LogP contribution in [0.25, 0.3) is 0 Å². The Morgan fingerprint density at radius 2 is 1.96 bits per heavy atom. The molecule has 0 heterocycles. The summed E-state index contributed by atoms with van der Waals surface area (Å²) in [5.74, 6) is 0.231. The van der Waals surface area contributed by atoms with E-state index in [9.17, 15) is 9.18 Å². The van der Waals surface area contributed by atoms with Crippen LogP contribution in [0.4, 0.5) is 4.39 Å². The Labute approximate surface area is 139 Å². The molecule has 0 saturated carbocycles. The van der Waals surface area contributed by atoms with Crippen molar-refractivity contribution >= 4 is 5.91 Å². The van der Waals surface area contributed by atoms with Gasteiger partial charge in [-0.15, -0.1) is 0 Å². The van der Waals surface area contributed by atoms with Crippen molar-refractivity contribution in [2.24, 2.45) is 0 Å². The average Bonchev–Trinajstić information content (AvgIpc) is 2.61. The van der Waals surface area contributed by atoms with Gasteiger partial charge in [0.05, 0.1) is 18.7 Å². The van der Waals surface area contributed by atoms with E-state index in [1.165, 1.54) is 19.2 Å². The third-order valence-electron chi connectivity index (χ3n) is 3.30. The molecule has 1 amide bonds. The van der Waals surface area contributed by atoms with Gasteiger partial charge < -0.3 is 14.8 Å². The third-order valence-corrected chi connectivity index (χ3v) is 3.30. The van der Waals surface area contributed by atoms with Gasteiger partial charge in [-0.25, -0.2) is 4.39 Å². The third kappa shape index (κ3) is 4.99. The minimum absolute atomic E-state index is 0.161. The van der Waals surface area contributed by atoms with Crippen molar-refractivity contribution in [1.29, 1.82) is 5.26 Å². The molecule has 0 fully saturated rings. The van der Waals surface area contributed by atoms with Crippen LogP contribution >= 0.6 is 0 Å². The van der Waals surface area contributed by atoms with Crippen LogP contribution in [0, 0.1) is 17.1 Å². The fourth-order valence-electron chi connectivity index (χ4n) is 2.05. The maximum absolute atomic E-state index is 12.8. The lowest BCUT2D eigenvalue weighted by Gasteiger charge is -2.11. The summed E-state index contributed by atoms with van der Waals surface area (Å²) in [6.45, 7) is 0.268. The SMILES string of the molecule is COc1cc(C#N)ccc1OCC(=O)NCCc1ccc(F)cc1. The van der Waals surface area contributed by atoms with Crippen LogP contribution in [0.3, 0.4) is 0 Å². The van der Waals surface area contributed by atoms with E-state index in [-0.39, 0.29) is 18.3 Å². The molecule has 0 unspecified atom stereocenters. The summed E-state index contributed by atoms with van der Waals surface area (Å²) in [5.41, 5.74) is 1.38. The average molecular weight is 328 g/mol. The number of hydrogen-bond donors (Lipinski definition) is 1. The minimum atomic E-state index is -0.285. The predicted octanol–water partition coefficient (Wildman–Crippen LogP) is 2.44. The molecule has 0 spiro atoms. The summed E-state index contributed by atoms with van der Waals surface area (Å²) >= 11 is 0. The summed E-state index contributed by atoms with van der Waals surface area (Å²) in [7, 11) is 1.46. The monoisotopic (exact) mass is 328 g/mol. The molecular weight excluding hydrogens is 311 g/mol. The summed E-state index contributed by atoms with van der Waals surface area (Å²) in [6.07, 6.45) is 0.603. The number of amides is 1. The lowest BCUT2D eigenvalue weighted by Crippen LogP contribution is -2.30. The van der Waals surface area contributed by atoms with Gasteiger partial charge in [-0.1, -0.05) is 12.1 Å². The highest BCUT2D eigenvalue weighted by Gasteiger charge is 2.08. The molecule has 24 heavy (non-hydrogen) atoms. The minimum Gasteiger partial charge on any atom is -0.493 e. The number of halogens is 1.